The molecule has 0 N–H and O–H groups in total. The van der Waals surface area contributed by atoms with Gasteiger partial charge in [-0.3, -0.25) is 29.0 Å². The lowest BCUT2D eigenvalue weighted by atomic mass is 10.3. The molecule has 0 radical (unpaired) electrons. The molecule has 10 heteroatoms. The highest BCUT2D eigenvalue weighted by Gasteiger charge is 2.11. The zero-order chi connectivity index (χ0) is 22.1. The summed E-state index contributed by atoms with van der Waals surface area (Å²) < 4.78 is 19.9. The molecule has 29 heavy (non-hydrogen) atoms. The summed E-state index contributed by atoms with van der Waals surface area (Å²) in [6.45, 7) is 9.97. The Hall–Kier alpha value is -2.20. The minimum absolute atomic E-state index is 0.262. The highest BCUT2D eigenvalue weighted by atomic mass is 16.5. The number of ether oxygens (including phenoxy) is 4. The summed E-state index contributed by atoms with van der Waals surface area (Å²) in [6, 6.07) is 0. The van der Waals surface area contributed by atoms with Crippen LogP contribution in [-0.2, 0) is 38.1 Å². The van der Waals surface area contributed by atoms with E-state index < -0.39 is 0 Å². The maximum Gasteiger partial charge on any atom is 0.302 e. The molecule has 0 spiro atoms. The fraction of sp³-hybridized carbons (Fsp3) is 0.789. The summed E-state index contributed by atoms with van der Waals surface area (Å²) in [7, 11) is 0. The normalized spacial score (nSPS) is 10.7. The van der Waals surface area contributed by atoms with Gasteiger partial charge in [-0.1, -0.05) is 0 Å². The van der Waals surface area contributed by atoms with Gasteiger partial charge in [0.2, 0.25) is 0 Å². The first kappa shape index (κ1) is 26.8. The molecule has 0 aliphatic heterocycles. The van der Waals surface area contributed by atoms with E-state index in [4.69, 9.17) is 18.9 Å². The van der Waals surface area contributed by atoms with Crippen molar-refractivity contribution < 1.29 is 38.1 Å². The predicted octanol–water partition coefficient (Wildman–Crippen LogP) is 0.233. The molecule has 0 heterocycles. The van der Waals surface area contributed by atoms with Crippen molar-refractivity contribution in [1.82, 2.24) is 9.80 Å². The highest BCUT2D eigenvalue weighted by molar-refractivity contribution is 5.66. The second-order valence-corrected chi connectivity index (χ2v) is 6.40. The van der Waals surface area contributed by atoms with Crippen LogP contribution < -0.4 is 0 Å². The Labute approximate surface area is 172 Å². The summed E-state index contributed by atoms with van der Waals surface area (Å²) in [4.78, 5) is 47.8. The molecule has 0 fully saturated rings. The van der Waals surface area contributed by atoms with Gasteiger partial charge in [0, 0.05) is 53.9 Å². The molecular weight excluding hydrogens is 384 g/mol. The number of hydrogen-bond acceptors (Lipinski definition) is 10. The van der Waals surface area contributed by atoms with Crippen LogP contribution in [0.25, 0.3) is 0 Å². The third-order valence-corrected chi connectivity index (χ3v) is 3.80. The van der Waals surface area contributed by atoms with Crippen molar-refractivity contribution in [1.29, 1.82) is 0 Å². The van der Waals surface area contributed by atoms with Gasteiger partial charge in [0.1, 0.15) is 26.4 Å². The van der Waals surface area contributed by atoms with Gasteiger partial charge in [0.05, 0.1) is 0 Å². The Morgan fingerprint density at radius 2 is 0.724 bits per heavy atom. The average molecular weight is 418 g/mol. The Balaban J connectivity index is 4.46. The van der Waals surface area contributed by atoms with Crippen LogP contribution in [-0.4, -0.2) is 99.4 Å². The lowest BCUT2D eigenvalue weighted by molar-refractivity contribution is -0.143. The van der Waals surface area contributed by atoms with Crippen LogP contribution in [0.5, 0.6) is 0 Å². The molecule has 168 valence electrons. The van der Waals surface area contributed by atoms with Crippen molar-refractivity contribution in [2.24, 2.45) is 0 Å². The minimum Gasteiger partial charge on any atom is -0.465 e. The van der Waals surface area contributed by atoms with Crippen molar-refractivity contribution in [2.75, 3.05) is 65.7 Å². The monoisotopic (exact) mass is 418 g/mol. The molecule has 0 aliphatic carbocycles. The average Bonchev–Trinajstić information content (AvgIpc) is 2.59. The van der Waals surface area contributed by atoms with Crippen LogP contribution in [0.3, 0.4) is 0 Å². The summed E-state index contributed by atoms with van der Waals surface area (Å²) in [6.07, 6.45) is 0.778. The fourth-order valence-electron chi connectivity index (χ4n) is 2.46. The van der Waals surface area contributed by atoms with Gasteiger partial charge in [-0.2, -0.15) is 0 Å². The SMILES string of the molecule is CC(=O)OCCN(CCCN(CCOC(C)=O)CCOC(C)=O)CCOC(C)=O. The van der Waals surface area contributed by atoms with Crippen LogP contribution in [0.1, 0.15) is 34.1 Å². The zero-order valence-electron chi connectivity index (χ0n) is 17.9. The van der Waals surface area contributed by atoms with E-state index in [2.05, 4.69) is 0 Å². The molecule has 0 aromatic carbocycles. The van der Waals surface area contributed by atoms with E-state index >= 15 is 0 Å². The Kier molecular flexibility index (Phi) is 15.5. The lowest BCUT2D eigenvalue weighted by Gasteiger charge is -2.25. The molecule has 0 amide bonds. The van der Waals surface area contributed by atoms with Gasteiger partial charge in [-0.15, -0.1) is 0 Å². The first-order valence-corrected chi connectivity index (χ1v) is 9.69. The number of hydrogen-bond donors (Lipinski definition) is 0. The minimum atomic E-state index is -0.341. The van der Waals surface area contributed by atoms with E-state index in [1.165, 1.54) is 27.7 Å². The van der Waals surface area contributed by atoms with Crippen LogP contribution in [0.15, 0.2) is 0 Å². The highest BCUT2D eigenvalue weighted by Crippen LogP contribution is 1.98. The molecule has 0 saturated heterocycles. The number of esters is 4. The molecule has 0 aromatic rings. The van der Waals surface area contributed by atoms with Gasteiger partial charge in [0.15, 0.2) is 0 Å². The molecule has 0 aromatic heterocycles. The molecule has 0 bridgehead atoms. The maximum absolute atomic E-state index is 10.9. The maximum atomic E-state index is 10.9. The van der Waals surface area contributed by atoms with Gasteiger partial charge >= 0.3 is 23.9 Å². The molecule has 0 atom stereocenters. The second-order valence-electron chi connectivity index (χ2n) is 6.40. The van der Waals surface area contributed by atoms with Gasteiger partial charge in [-0.05, 0) is 19.5 Å². The van der Waals surface area contributed by atoms with E-state index in [1.54, 1.807) is 0 Å². The molecule has 0 saturated carbocycles. The van der Waals surface area contributed by atoms with Crippen LogP contribution in [0.2, 0.25) is 0 Å². The largest absolute Gasteiger partial charge is 0.465 e. The van der Waals surface area contributed by atoms with E-state index in [1.807, 2.05) is 9.80 Å². The lowest BCUT2D eigenvalue weighted by Crippen LogP contribution is -2.37. The third-order valence-electron chi connectivity index (χ3n) is 3.80. The third kappa shape index (κ3) is 18.9. The molecule has 10 nitrogen and oxygen atoms in total. The first-order valence-electron chi connectivity index (χ1n) is 9.69. The number of nitrogens with zero attached hydrogens (tertiary/aromatic N) is 2. The molecule has 0 unspecified atom stereocenters. The second kappa shape index (κ2) is 16.7. The Morgan fingerprint density at radius 1 is 0.483 bits per heavy atom. The van der Waals surface area contributed by atoms with E-state index in [-0.39, 0.29) is 50.3 Å². The standard InChI is InChI=1S/C19H34N2O8/c1-16(22)26-12-8-20(9-13-27-17(2)23)6-5-7-21(10-14-28-18(3)24)11-15-29-19(4)25/h5-15H2,1-4H3. The topological polar surface area (TPSA) is 112 Å². The first-order chi connectivity index (χ1) is 13.7. The summed E-state index contributed by atoms with van der Waals surface area (Å²) in [5.41, 5.74) is 0. The van der Waals surface area contributed by atoms with Crippen molar-refractivity contribution in [3.05, 3.63) is 0 Å². The molecule has 0 aliphatic rings. The van der Waals surface area contributed by atoms with Gasteiger partial charge < -0.3 is 18.9 Å². The number of rotatable bonds is 16. The molecule has 0 rings (SSSR count). The van der Waals surface area contributed by atoms with Crippen molar-refractivity contribution >= 4 is 23.9 Å². The zero-order valence-corrected chi connectivity index (χ0v) is 17.9. The smallest absolute Gasteiger partial charge is 0.302 e. The quantitative estimate of drug-likeness (QED) is 0.255. The molecular formula is C19H34N2O8. The van der Waals surface area contributed by atoms with Crippen LogP contribution in [0, 0.1) is 0 Å². The predicted molar refractivity (Wildman–Crippen MR) is 104 cm³/mol. The number of carbonyl (C=O) groups is 4. The fourth-order valence-corrected chi connectivity index (χ4v) is 2.46. The van der Waals surface area contributed by atoms with Crippen molar-refractivity contribution in [3.63, 3.8) is 0 Å². The Morgan fingerprint density at radius 3 is 0.931 bits per heavy atom. The summed E-state index contributed by atoms with van der Waals surface area (Å²) in [5, 5.41) is 0. The van der Waals surface area contributed by atoms with Crippen molar-refractivity contribution in [2.45, 2.75) is 34.1 Å². The summed E-state index contributed by atoms with van der Waals surface area (Å²) in [5.74, 6) is -1.36. The van der Waals surface area contributed by atoms with E-state index in [0.29, 0.717) is 39.3 Å². The Bertz CT molecular complexity index is 428. The van der Waals surface area contributed by atoms with Crippen LogP contribution in [0.4, 0.5) is 0 Å². The van der Waals surface area contributed by atoms with Gasteiger partial charge in [0.25, 0.3) is 0 Å². The number of carbonyl (C=O) groups excluding carboxylic acids is 4. The van der Waals surface area contributed by atoms with E-state index in [9.17, 15) is 19.2 Å². The van der Waals surface area contributed by atoms with Crippen molar-refractivity contribution in [3.8, 4) is 0 Å². The van der Waals surface area contributed by atoms with Gasteiger partial charge in [-0.25, -0.2) is 0 Å². The summed E-state index contributed by atoms with van der Waals surface area (Å²) >= 11 is 0. The van der Waals surface area contributed by atoms with Crippen LogP contribution >= 0.6 is 0 Å². The van der Waals surface area contributed by atoms with E-state index in [0.717, 1.165) is 6.42 Å².